The van der Waals surface area contributed by atoms with Gasteiger partial charge in [0, 0.05) is 12.7 Å². The number of methoxy groups -OCH3 is 1. The van der Waals surface area contributed by atoms with Crippen LogP contribution < -0.4 is 9.64 Å². The van der Waals surface area contributed by atoms with E-state index < -0.39 is 0 Å². The van der Waals surface area contributed by atoms with Crippen LogP contribution in [0.4, 0.5) is 11.4 Å². The van der Waals surface area contributed by atoms with Gasteiger partial charge in [-0.15, -0.1) is 0 Å². The summed E-state index contributed by atoms with van der Waals surface area (Å²) in [4.78, 5) is 2.05. The predicted molar refractivity (Wildman–Crippen MR) is 72.5 cm³/mol. The summed E-state index contributed by atoms with van der Waals surface area (Å²) >= 11 is 6.11. The lowest BCUT2D eigenvalue weighted by molar-refractivity contribution is 0.416. The number of para-hydroxylation sites is 2. The number of hydrogen-bond donors (Lipinski definition) is 0. The summed E-state index contributed by atoms with van der Waals surface area (Å²) in [5.74, 6) is 0.695. The van der Waals surface area contributed by atoms with Crippen LogP contribution in [0.3, 0.4) is 0 Å². The first-order valence-corrected chi connectivity index (χ1v) is 5.73. The Hall–Kier alpha value is -1.67. The van der Waals surface area contributed by atoms with Gasteiger partial charge in [0.2, 0.25) is 0 Å². The number of ether oxygens (including phenoxy) is 1. The van der Waals surface area contributed by atoms with Crippen LogP contribution in [0.15, 0.2) is 48.5 Å². The molecule has 17 heavy (non-hydrogen) atoms. The van der Waals surface area contributed by atoms with Crippen LogP contribution in [0.1, 0.15) is 0 Å². The van der Waals surface area contributed by atoms with Crippen molar-refractivity contribution in [1.29, 1.82) is 0 Å². The van der Waals surface area contributed by atoms with Crippen LogP contribution in [0.25, 0.3) is 0 Å². The summed E-state index contributed by atoms with van der Waals surface area (Å²) in [6.07, 6.45) is 0. The predicted octanol–water partition coefficient (Wildman–Crippen LogP) is 4.12. The van der Waals surface area contributed by atoms with Crippen molar-refractivity contribution in [3.8, 4) is 5.75 Å². The van der Waals surface area contributed by atoms with Crippen molar-refractivity contribution in [3.63, 3.8) is 0 Å². The molecule has 0 heterocycles. The van der Waals surface area contributed by atoms with Gasteiger partial charge in [-0.3, -0.25) is 0 Å². The van der Waals surface area contributed by atoms with Crippen LogP contribution in [0.2, 0.25) is 5.02 Å². The molecule has 0 atom stereocenters. The van der Waals surface area contributed by atoms with E-state index in [1.54, 1.807) is 7.11 Å². The maximum atomic E-state index is 6.11. The molecule has 88 valence electrons. The Morgan fingerprint density at radius 1 is 1.00 bits per heavy atom. The number of rotatable bonds is 3. The van der Waals surface area contributed by atoms with Gasteiger partial charge < -0.3 is 9.64 Å². The van der Waals surface area contributed by atoms with Crippen molar-refractivity contribution in [1.82, 2.24) is 0 Å². The normalized spacial score (nSPS) is 10.1. The molecule has 0 aliphatic rings. The number of halogens is 1. The zero-order valence-corrected chi connectivity index (χ0v) is 10.6. The molecule has 2 aromatic carbocycles. The van der Waals surface area contributed by atoms with Gasteiger partial charge in [-0.1, -0.05) is 35.9 Å². The van der Waals surface area contributed by atoms with Crippen molar-refractivity contribution in [2.45, 2.75) is 0 Å². The van der Waals surface area contributed by atoms with Crippen LogP contribution in [-0.2, 0) is 0 Å². The number of nitrogens with zero attached hydrogens (tertiary/aromatic N) is 1. The molecule has 2 aromatic rings. The standard InChI is InChI=1S/C14H14ClNO/c1-16(11-7-4-3-5-8-11)13-10-6-9-12(15)14(13)17-2/h3-10H,1-2H3. The van der Waals surface area contributed by atoms with Crippen molar-refractivity contribution in [2.24, 2.45) is 0 Å². The topological polar surface area (TPSA) is 12.5 Å². The molecule has 0 aliphatic carbocycles. The Labute approximate surface area is 106 Å². The van der Waals surface area contributed by atoms with Gasteiger partial charge in [0.1, 0.15) is 0 Å². The first kappa shape index (κ1) is 11.8. The van der Waals surface area contributed by atoms with E-state index in [4.69, 9.17) is 16.3 Å². The second kappa shape index (κ2) is 5.11. The molecule has 0 aliphatic heterocycles. The summed E-state index contributed by atoms with van der Waals surface area (Å²) in [7, 11) is 3.62. The monoisotopic (exact) mass is 247 g/mol. The third kappa shape index (κ3) is 2.37. The van der Waals surface area contributed by atoms with Gasteiger partial charge in [-0.05, 0) is 24.3 Å². The maximum Gasteiger partial charge on any atom is 0.161 e. The highest BCUT2D eigenvalue weighted by Crippen LogP contribution is 2.37. The fourth-order valence-electron chi connectivity index (χ4n) is 1.75. The van der Waals surface area contributed by atoms with E-state index in [-0.39, 0.29) is 0 Å². The molecule has 0 radical (unpaired) electrons. The van der Waals surface area contributed by atoms with E-state index in [1.165, 1.54) is 0 Å². The minimum atomic E-state index is 0.618. The minimum Gasteiger partial charge on any atom is -0.493 e. The van der Waals surface area contributed by atoms with Gasteiger partial charge in [0.15, 0.2) is 5.75 Å². The van der Waals surface area contributed by atoms with E-state index in [0.29, 0.717) is 10.8 Å². The van der Waals surface area contributed by atoms with Gasteiger partial charge in [-0.25, -0.2) is 0 Å². The molecule has 0 bridgehead atoms. The fourth-order valence-corrected chi connectivity index (χ4v) is 2.00. The molecule has 2 rings (SSSR count). The Morgan fingerprint density at radius 3 is 2.35 bits per heavy atom. The third-order valence-electron chi connectivity index (χ3n) is 2.66. The lowest BCUT2D eigenvalue weighted by Gasteiger charge is -2.22. The van der Waals surface area contributed by atoms with Crippen LogP contribution in [-0.4, -0.2) is 14.2 Å². The number of benzene rings is 2. The second-order valence-corrected chi connectivity index (χ2v) is 4.09. The average molecular weight is 248 g/mol. The summed E-state index contributed by atoms with van der Waals surface area (Å²) in [6, 6.07) is 15.8. The molecule has 0 saturated heterocycles. The van der Waals surface area contributed by atoms with E-state index in [0.717, 1.165) is 11.4 Å². The van der Waals surface area contributed by atoms with Crippen molar-refractivity contribution in [2.75, 3.05) is 19.1 Å². The van der Waals surface area contributed by atoms with Crippen LogP contribution >= 0.6 is 11.6 Å². The van der Waals surface area contributed by atoms with Gasteiger partial charge in [0.05, 0.1) is 17.8 Å². The summed E-state index contributed by atoms with van der Waals surface area (Å²) in [6.45, 7) is 0. The molecular weight excluding hydrogens is 234 g/mol. The zero-order chi connectivity index (χ0) is 12.3. The molecule has 2 nitrogen and oxygen atoms in total. The quantitative estimate of drug-likeness (QED) is 0.809. The van der Waals surface area contributed by atoms with Gasteiger partial charge >= 0.3 is 0 Å². The zero-order valence-electron chi connectivity index (χ0n) is 9.85. The molecule has 0 N–H and O–H groups in total. The molecule has 0 spiro atoms. The lowest BCUT2D eigenvalue weighted by Crippen LogP contribution is -2.10. The molecule has 3 heteroatoms. The van der Waals surface area contributed by atoms with Gasteiger partial charge in [-0.2, -0.15) is 0 Å². The highest BCUT2D eigenvalue weighted by atomic mass is 35.5. The molecule has 0 unspecified atom stereocenters. The maximum absolute atomic E-state index is 6.11. The number of hydrogen-bond acceptors (Lipinski definition) is 2. The largest absolute Gasteiger partial charge is 0.493 e. The van der Waals surface area contributed by atoms with E-state index >= 15 is 0 Å². The summed E-state index contributed by atoms with van der Waals surface area (Å²) < 4.78 is 5.35. The molecule has 0 aromatic heterocycles. The Morgan fingerprint density at radius 2 is 1.71 bits per heavy atom. The smallest absolute Gasteiger partial charge is 0.161 e. The highest BCUT2D eigenvalue weighted by molar-refractivity contribution is 6.32. The Balaban J connectivity index is 2.44. The van der Waals surface area contributed by atoms with Crippen molar-refractivity contribution >= 4 is 23.0 Å². The molecule has 0 amide bonds. The number of anilines is 2. The first-order valence-electron chi connectivity index (χ1n) is 5.35. The minimum absolute atomic E-state index is 0.618. The third-order valence-corrected chi connectivity index (χ3v) is 2.95. The van der Waals surface area contributed by atoms with Crippen LogP contribution in [0, 0.1) is 0 Å². The second-order valence-electron chi connectivity index (χ2n) is 3.69. The van der Waals surface area contributed by atoms with E-state index in [1.807, 2.05) is 60.5 Å². The van der Waals surface area contributed by atoms with E-state index in [9.17, 15) is 0 Å². The fraction of sp³-hybridized carbons (Fsp3) is 0.143. The highest BCUT2D eigenvalue weighted by Gasteiger charge is 2.12. The lowest BCUT2D eigenvalue weighted by atomic mass is 10.2. The molecular formula is C14H14ClNO. The van der Waals surface area contributed by atoms with Crippen molar-refractivity contribution < 1.29 is 4.74 Å². The SMILES string of the molecule is COc1c(Cl)cccc1N(C)c1ccccc1. The molecule has 0 fully saturated rings. The first-order chi connectivity index (χ1) is 8.24. The Bertz CT molecular complexity index is 499. The Kier molecular flexibility index (Phi) is 3.55. The van der Waals surface area contributed by atoms with Crippen molar-refractivity contribution in [3.05, 3.63) is 53.6 Å². The van der Waals surface area contributed by atoms with Gasteiger partial charge in [0.25, 0.3) is 0 Å². The van der Waals surface area contributed by atoms with Crippen LogP contribution in [0.5, 0.6) is 5.75 Å². The average Bonchev–Trinajstić information content (AvgIpc) is 2.38. The van der Waals surface area contributed by atoms with E-state index in [2.05, 4.69) is 0 Å². The summed E-state index contributed by atoms with van der Waals surface area (Å²) in [5, 5.41) is 0.618. The molecule has 0 saturated carbocycles. The summed E-state index contributed by atoms with van der Waals surface area (Å²) in [5.41, 5.74) is 2.04.